The Morgan fingerprint density at radius 1 is 1.25 bits per heavy atom. The molecular weight excluding hydrogens is 254 g/mol. The van der Waals surface area contributed by atoms with E-state index in [1.54, 1.807) is 36.4 Å². The molecule has 0 aromatic heterocycles. The first-order valence-electron chi connectivity index (χ1n) is 5.91. The predicted octanol–water partition coefficient (Wildman–Crippen LogP) is 1.82. The molecule has 0 aliphatic heterocycles. The molecule has 0 unspecified atom stereocenters. The molecule has 0 fully saturated rings. The highest BCUT2D eigenvalue weighted by Gasteiger charge is 2.05. The number of nitrogens with two attached hydrogens (primary N) is 2. The van der Waals surface area contributed by atoms with Gasteiger partial charge in [-0.15, -0.1) is 0 Å². The van der Waals surface area contributed by atoms with E-state index in [-0.39, 0.29) is 6.61 Å². The van der Waals surface area contributed by atoms with Crippen molar-refractivity contribution in [3.8, 4) is 11.8 Å². The zero-order valence-electron chi connectivity index (χ0n) is 10.7. The third kappa shape index (κ3) is 3.06. The van der Waals surface area contributed by atoms with E-state index in [0.717, 1.165) is 5.56 Å². The first kappa shape index (κ1) is 13.4. The number of benzene rings is 2. The molecular formula is C15H13N3O2. The van der Waals surface area contributed by atoms with Gasteiger partial charge in [-0.2, -0.15) is 5.26 Å². The second-order valence-electron chi connectivity index (χ2n) is 4.22. The van der Waals surface area contributed by atoms with Gasteiger partial charge in [0.2, 0.25) is 5.91 Å². The number of anilines is 1. The topological polar surface area (TPSA) is 102 Å². The second kappa shape index (κ2) is 5.76. The molecule has 5 heteroatoms. The van der Waals surface area contributed by atoms with Crippen LogP contribution in [-0.2, 0) is 6.61 Å². The van der Waals surface area contributed by atoms with Crippen LogP contribution in [0.25, 0.3) is 0 Å². The molecule has 2 aromatic carbocycles. The van der Waals surface area contributed by atoms with Crippen LogP contribution in [0.3, 0.4) is 0 Å². The van der Waals surface area contributed by atoms with Gasteiger partial charge in [0.25, 0.3) is 0 Å². The number of nitriles is 1. The molecule has 5 nitrogen and oxygen atoms in total. The highest BCUT2D eigenvalue weighted by atomic mass is 16.5. The lowest BCUT2D eigenvalue weighted by Gasteiger charge is -2.09. The van der Waals surface area contributed by atoms with Crippen molar-refractivity contribution in [1.29, 1.82) is 5.26 Å². The number of hydrogen-bond acceptors (Lipinski definition) is 4. The summed E-state index contributed by atoms with van der Waals surface area (Å²) in [5.41, 5.74) is 12.9. The average Bonchev–Trinajstić information content (AvgIpc) is 2.46. The van der Waals surface area contributed by atoms with Gasteiger partial charge in [-0.05, 0) is 35.9 Å². The van der Waals surface area contributed by atoms with Crippen LogP contribution in [0.1, 0.15) is 21.5 Å². The Morgan fingerprint density at radius 3 is 2.75 bits per heavy atom. The fourth-order valence-electron chi connectivity index (χ4n) is 1.74. The van der Waals surface area contributed by atoms with E-state index >= 15 is 0 Å². The monoisotopic (exact) mass is 267 g/mol. The Kier molecular flexibility index (Phi) is 3.87. The molecule has 0 saturated carbocycles. The number of carbonyl (C=O) groups excluding carboxylic acids is 1. The summed E-state index contributed by atoms with van der Waals surface area (Å²) >= 11 is 0. The molecule has 0 aliphatic carbocycles. The first-order valence-corrected chi connectivity index (χ1v) is 5.91. The van der Waals surface area contributed by atoms with Gasteiger partial charge >= 0.3 is 0 Å². The Labute approximate surface area is 116 Å². The van der Waals surface area contributed by atoms with Crippen LogP contribution in [0.15, 0.2) is 42.5 Å². The maximum Gasteiger partial charge on any atom is 0.248 e. The number of hydrogen-bond donors (Lipinski definition) is 2. The van der Waals surface area contributed by atoms with Gasteiger partial charge in [-0.3, -0.25) is 4.79 Å². The Hall–Kier alpha value is -3.00. The summed E-state index contributed by atoms with van der Waals surface area (Å²) in [6.45, 7) is 0.236. The van der Waals surface area contributed by atoms with Crippen molar-refractivity contribution in [2.45, 2.75) is 6.61 Å². The summed E-state index contributed by atoms with van der Waals surface area (Å²) in [6.07, 6.45) is 0. The van der Waals surface area contributed by atoms with Crippen molar-refractivity contribution in [3.63, 3.8) is 0 Å². The summed E-state index contributed by atoms with van der Waals surface area (Å²) in [6, 6.07) is 13.7. The van der Waals surface area contributed by atoms with Crippen molar-refractivity contribution in [2.24, 2.45) is 5.73 Å². The third-order valence-electron chi connectivity index (χ3n) is 2.73. The van der Waals surface area contributed by atoms with E-state index in [0.29, 0.717) is 22.6 Å². The number of nitrogen functional groups attached to an aromatic ring is 1. The van der Waals surface area contributed by atoms with E-state index in [2.05, 4.69) is 0 Å². The van der Waals surface area contributed by atoms with Crippen LogP contribution in [-0.4, -0.2) is 5.91 Å². The fraction of sp³-hybridized carbons (Fsp3) is 0.0667. The fourth-order valence-corrected chi connectivity index (χ4v) is 1.74. The average molecular weight is 267 g/mol. The van der Waals surface area contributed by atoms with Crippen molar-refractivity contribution < 1.29 is 9.53 Å². The van der Waals surface area contributed by atoms with Crippen molar-refractivity contribution in [1.82, 2.24) is 0 Å². The lowest BCUT2D eigenvalue weighted by molar-refractivity contribution is 0.1000. The van der Waals surface area contributed by atoms with Gasteiger partial charge in [-0.25, -0.2) is 0 Å². The second-order valence-corrected chi connectivity index (χ2v) is 4.22. The molecule has 20 heavy (non-hydrogen) atoms. The Morgan fingerprint density at radius 2 is 2.05 bits per heavy atom. The van der Waals surface area contributed by atoms with Crippen molar-refractivity contribution in [2.75, 3.05) is 5.73 Å². The molecule has 0 spiro atoms. The number of rotatable bonds is 4. The van der Waals surface area contributed by atoms with Crippen LogP contribution in [0.4, 0.5) is 5.69 Å². The Balaban J connectivity index is 2.15. The molecule has 0 radical (unpaired) electrons. The van der Waals surface area contributed by atoms with Gasteiger partial charge in [0, 0.05) is 11.3 Å². The van der Waals surface area contributed by atoms with E-state index in [9.17, 15) is 4.79 Å². The van der Waals surface area contributed by atoms with E-state index in [4.69, 9.17) is 21.5 Å². The summed E-state index contributed by atoms with van der Waals surface area (Å²) in [5, 5.41) is 9.01. The molecule has 0 bridgehead atoms. The molecule has 0 atom stereocenters. The lowest BCUT2D eigenvalue weighted by Crippen LogP contribution is -2.11. The Bertz CT molecular complexity index is 690. The highest BCUT2D eigenvalue weighted by Crippen LogP contribution is 2.21. The molecule has 0 saturated heterocycles. The zero-order chi connectivity index (χ0) is 14.5. The summed E-state index contributed by atoms with van der Waals surface area (Å²) < 4.78 is 5.57. The minimum absolute atomic E-state index is 0.236. The lowest BCUT2D eigenvalue weighted by atomic mass is 10.1. The normalized spacial score (nSPS) is 9.75. The summed E-state index contributed by atoms with van der Waals surface area (Å²) in [7, 11) is 0. The van der Waals surface area contributed by atoms with E-state index in [1.807, 2.05) is 12.1 Å². The van der Waals surface area contributed by atoms with Gasteiger partial charge in [-0.1, -0.05) is 12.1 Å². The maximum absolute atomic E-state index is 11.1. The standard InChI is InChI=1S/C15H13N3O2/c16-8-12-7-13(17)4-5-14(12)20-9-10-2-1-3-11(6-10)15(18)19/h1-7H,9,17H2,(H2,18,19). The van der Waals surface area contributed by atoms with E-state index < -0.39 is 5.91 Å². The SMILES string of the molecule is N#Cc1cc(N)ccc1OCc1cccc(C(N)=O)c1. The largest absolute Gasteiger partial charge is 0.488 e. The quantitative estimate of drug-likeness (QED) is 0.825. The molecule has 0 aliphatic rings. The minimum Gasteiger partial charge on any atom is -0.488 e. The number of nitrogens with zero attached hydrogens (tertiary/aromatic N) is 1. The molecule has 0 heterocycles. The van der Waals surface area contributed by atoms with Crippen LogP contribution >= 0.6 is 0 Å². The zero-order valence-corrected chi connectivity index (χ0v) is 10.7. The van der Waals surface area contributed by atoms with Gasteiger partial charge in [0.15, 0.2) is 0 Å². The van der Waals surface area contributed by atoms with Crippen LogP contribution in [0.2, 0.25) is 0 Å². The highest BCUT2D eigenvalue weighted by molar-refractivity contribution is 5.92. The van der Waals surface area contributed by atoms with Gasteiger partial charge in [0.1, 0.15) is 18.4 Å². The molecule has 2 rings (SSSR count). The van der Waals surface area contributed by atoms with Gasteiger partial charge < -0.3 is 16.2 Å². The number of amides is 1. The van der Waals surface area contributed by atoms with Crippen LogP contribution in [0, 0.1) is 11.3 Å². The number of primary amides is 1. The van der Waals surface area contributed by atoms with Crippen LogP contribution in [0.5, 0.6) is 5.75 Å². The predicted molar refractivity (Wildman–Crippen MR) is 74.9 cm³/mol. The van der Waals surface area contributed by atoms with Crippen LogP contribution < -0.4 is 16.2 Å². The number of ether oxygens (including phenoxy) is 1. The first-order chi connectivity index (χ1) is 9.60. The van der Waals surface area contributed by atoms with Gasteiger partial charge in [0.05, 0.1) is 5.56 Å². The number of carbonyl (C=O) groups is 1. The summed E-state index contributed by atoms with van der Waals surface area (Å²) in [4.78, 5) is 11.1. The molecule has 2 aromatic rings. The summed E-state index contributed by atoms with van der Waals surface area (Å²) in [5.74, 6) is -0.0387. The molecule has 4 N–H and O–H groups in total. The molecule has 1 amide bonds. The third-order valence-corrected chi connectivity index (χ3v) is 2.73. The maximum atomic E-state index is 11.1. The van der Waals surface area contributed by atoms with Crippen molar-refractivity contribution in [3.05, 3.63) is 59.2 Å². The molecule has 100 valence electrons. The van der Waals surface area contributed by atoms with E-state index in [1.165, 1.54) is 0 Å². The smallest absolute Gasteiger partial charge is 0.248 e. The van der Waals surface area contributed by atoms with Crippen molar-refractivity contribution >= 4 is 11.6 Å². The minimum atomic E-state index is -0.489.